The van der Waals surface area contributed by atoms with Gasteiger partial charge in [-0.1, -0.05) is 40.2 Å². The molecular weight excluding hydrogens is 380 g/mol. The van der Waals surface area contributed by atoms with E-state index in [1.165, 1.54) is 64.2 Å². The van der Waals surface area contributed by atoms with E-state index in [1.54, 1.807) is 6.08 Å². The van der Waals surface area contributed by atoms with Crippen LogP contribution in [0.15, 0.2) is 12.7 Å². The normalized spacial score (nSPS) is 52.5. The number of fused-ring (bicyclic) bond motifs is 7. The van der Waals surface area contributed by atoms with Crippen molar-refractivity contribution >= 4 is 0 Å². The van der Waals surface area contributed by atoms with Crippen LogP contribution in [0.4, 0.5) is 0 Å². The van der Waals surface area contributed by atoms with E-state index >= 15 is 0 Å². The van der Waals surface area contributed by atoms with Crippen LogP contribution in [0.2, 0.25) is 0 Å². The SMILES string of the molecule is C=CC.CC1(C)C(O)CCC2(C)C1CC[C@@]1(C)C3CCC4(CO)CCCC4C3CCC21. The number of aliphatic hydroxyl groups excluding tert-OH is 2. The summed E-state index contributed by atoms with van der Waals surface area (Å²) in [5, 5.41) is 21.1. The highest BCUT2D eigenvalue weighted by molar-refractivity contribution is 5.15. The maximum absolute atomic E-state index is 10.8. The predicted octanol–water partition coefficient (Wildman–Crippen LogP) is 7.00. The largest absolute Gasteiger partial charge is 0.396 e. The Labute approximate surface area is 192 Å². The molecule has 31 heavy (non-hydrogen) atoms. The quantitative estimate of drug-likeness (QED) is 0.440. The van der Waals surface area contributed by atoms with Crippen molar-refractivity contribution in [2.24, 2.45) is 51.2 Å². The van der Waals surface area contributed by atoms with Crippen LogP contribution in [-0.2, 0) is 0 Å². The fourth-order valence-electron chi connectivity index (χ4n) is 10.6. The number of hydrogen-bond donors (Lipinski definition) is 2. The number of allylic oxidation sites excluding steroid dienone is 1. The zero-order valence-corrected chi connectivity index (χ0v) is 21.1. The Balaban J connectivity index is 0.000000730. The fourth-order valence-corrected chi connectivity index (χ4v) is 10.6. The third kappa shape index (κ3) is 3.32. The maximum atomic E-state index is 10.8. The molecule has 5 saturated carbocycles. The molecule has 5 fully saturated rings. The molecule has 8 unspecified atom stereocenters. The van der Waals surface area contributed by atoms with Crippen molar-refractivity contribution in [2.45, 2.75) is 111 Å². The Kier molecular flexibility index (Phi) is 6.26. The summed E-state index contributed by atoms with van der Waals surface area (Å²) in [6.07, 6.45) is 16.0. The van der Waals surface area contributed by atoms with Crippen molar-refractivity contribution < 1.29 is 10.2 Å². The van der Waals surface area contributed by atoms with Crippen molar-refractivity contribution in [3.63, 3.8) is 0 Å². The molecule has 178 valence electrons. The number of hydrogen-bond acceptors (Lipinski definition) is 2. The zero-order chi connectivity index (χ0) is 22.7. The van der Waals surface area contributed by atoms with Gasteiger partial charge in [-0.25, -0.2) is 0 Å². The molecule has 0 saturated heterocycles. The Hall–Kier alpha value is -0.340. The minimum absolute atomic E-state index is 0.0647. The van der Waals surface area contributed by atoms with Crippen molar-refractivity contribution in [2.75, 3.05) is 6.61 Å². The summed E-state index contributed by atoms with van der Waals surface area (Å²) in [7, 11) is 0. The molecule has 5 aliphatic rings. The summed E-state index contributed by atoms with van der Waals surface area (Å²) >= 11 is 0. The van der Waals surface area contributed by atoms with Crippen molar-refractivity contribution in [1.29, 1.82) is 0 Å². The van der Waals surface area contributed by atoms with Gasteiger partial charge in [0.05, 0.1) is 6.10 Å². The molecule has 0 amide bonds. The second-order valence-electron chi connectivity index (χ2n) is 13.3. The van der Waals surface area contributed by atoms with Gasteiger partial charge in [0.25, 0.3) is 0 Å². The van der Waals surface area contributed by atoms with Crippen LogP contribution >= 0.6 is 0 Å². The van der Waals surface area contributed by atoms with Crippen molar-refractivity contribution in [1.82, 2.24) is 0 Å². The van der Waals surface area contributed by atoms with Crippen LogP contribution in [0.5, 0.6) is 0 Å². The molecule has 0 radical (unpaired) electrons. The van der Waals surface area contributed by atoms with Gasteiger partial charge >= 0.3 is 0 Å². The third-order valence-corrected chi connectivity index (χ3v) is 12.0. The van der Waals surface area contributed by atoms with Gasteiger partial charge in [0.15, 0.2) is 0 Å². The second-order valence-corrected chi connectivity index (χ2v) is 13.3. The van der Waals surface area contributed by atoms with E-state index in [0.717, 1.165) is 30.1 Å². The molecule has 5 aliphatic carbocycles. The van der Waals surface area contributed by atoms with E-state index in [0.29, 0.717) is 23.4 Å². The fraction of sp³-hybridized carbons (Fsp3) is 0.931. The maximum Gasteiger partial charge on any atom is 0.0594 e. The Morgan fingerprint density at radius 3 is 2.16 bits per heavy atom. The average Bonchev–Trinajstić information content (AvgIpc) is 3.16. The molecule has 0 aromatic carbocycles. The molecule has 2 heteroatoms. The van der Waals surface area contributed by atoms with Crippen molar-refractivity contribution in [3.8, 4) is 0 Å². The summed E-state index contributed by atoms with van der Waals surface area (Å²) in [6, 6.07) is 0. The van der Waals surface area contributed by atoms with Crippen LogP contribution < -0.4 is 0 Å². The van der Waals surface area contributed by atoms with Crippen LogP contribution in [0, 0.1) is 51.2 Å². The summed E-state index contributed by atoms with van der Waals surface area (Å²) < 4.78 is 0. The van der Waals surface area contributed by atoms with Gasteiger partial charge < -0.3 is 10.2 Å². The molecule has 9 atom stereocenters. The molecule has 0 spiro atoms. The van der Waals surface area contributed by atoms with Gasteiger partial charge in [-0.2, -0.15) is 0 Å². The van der Waals surface area contributed by atoms with E-state index in [9.17, 15) is 10.2 Å². The average molecular weight is 431 g/mol. The highest BCUT2D eigenvalue weighted by Gasteiger charge is 2.66. The van der Waals surface area contributed by atoms with Gasteiger partial charge in [0.2, 0.25) is 0 Å². The van der Waals surface area contributed by atoms with Crippen LogP contribution in [0.1, 0.15) is 105 Å². The highest BCUT2D eigenvalue weighted by Crippen LogP contribution is 2.72. The van der Waals surface area contributed by atoms with E-state index < -0.39 is 0 Å². The van der Waals surface area contributed by atoms with E-state index in [2.05, 4.69) is 34.3 Å². The van der Waals surface area contributed by atoms with Gasteiger partial charge in [0.1, 0.15) is 0 Å². The summed E-state index contributed by atoms with van der Waals surface area (Å²) in [6.45, 7) is 15.7. The standard InChI is InChI=1S/C26H44O2.C3H6/c1-23(2)20-10-13-24(3)18-9-15-26(16-27)12-5-6-19(26)17(18)7-8-21(24)25(20,4)14-11-22(23)28;1-3-2/h17-22,27-28H,5-16H2,1-4H3;3H,1H2,2H3/t17?,18?,19?,20?,21?,22?,24-,25?,26?;/m0./s1. The van der Waals surface area contributed by atoms with E-state index in [1.807, 2.05) is 6.92 Å². The first-order valence-corrected chi connectivity index (χ1v) is 13.5. The van der Waals surface area contributed by atoms with Gasteiger partial charge in [-0.3, -0.25) is 0 Å². The van der Waals surface area contributed by atoms with Gasteiger partial charge in [-0.05, 0) is 122 Å². The van der Waals surface area contributed by atoms with Crippen LogP contribution in [-0.4, -0.2) is 22.9 Å². The molecular formula is C29H50O2. The molecule has 0 heterocycles. The first-order valence-electron chi connectivity index (χ1n) is 13.5. The lowest BCUT2D eigenvalue weighted by Gasteiger charge is -2.69. The zero-order valence-electron chi connectivity index (χ0n) is 21.1. The second kappa shape index (κ2) is 8.15. The van der Waals surface area contributed by atoms with Crippen LogP contribution in [0.3, 0.4) is 0 Å². The van der Waals surface area contributed by atoms with E-state index in [4.69, 9.17) is 0 Å². The van der Waals surface area contributed by atoms with Gasteiger partial charge in [0, 0.05) is 6.61 Å². The minimum Gasteiger partial charge on any atom is -0.396 e. The number of aliphatic hydroxyl groups is 2. The van der Waals surface area contributed by atoms with Gasteiger partial charge in [-0.15, -0.1) is 6.58 Å². The Bertz CT molecular complexity index is 670. The summed E-state index contributed by atoms with van der Waals surface area (Å²) in [5.74, 6) is 4.04. The smallest absolute Gasteiger partial charge is 0.0594 e. The first kappa shape index (κ1) is 23.8. The minimum atomic E-state index is -0.121. The molecule has 0 aromatic rings. The number of rotatable bonds is 1. The molecule has 2 N–H and O–H groups in total. The Morgan fingerprint density at radius 1 is 0.806 bits per heavy atom. The molecule has 0 aromatic heterocycles. The predicted molar refractivity (Wildman–Crippen MR) is 130 cm³/mol. The monoisotopic (exact) mass is 430 g/mol. The lowest BCUT2D eigenvalue weighted by molar-refractivity contribution is -0.216. The third-order valence-electron chi connectivity index (χ3n) is 12.0. The topological polar surface area (TPSA) is 40.5 Å². The Morgan fingerprint density at radius 2 is 1.48 bits per heavy atom. The summed E-state index contributed by atoms with van der Waals surface area (Å²) in [5.41, 5.74) is 1.23. The molecule has 2 nitrogen and oxygen atoms in total. The molecule has 0 bridgehead atoms. The molecule has 5 rings (SSSR count). The highest BCUT2D eigenvalue weighted by atomic mass is 16.3. The molecule has 0 aliphatic heterocycles. The van der Waals surface area contributed by atoms with E-state index in [-0.39, 0.29) is 16.9 Å². The van der Waals surface area contributed by atoms with Crippen molar-refractivity contribution in [3.05, 3.63) is 12.7 Å². The first-order chi connectivity index (χ1) is 14.6. The lowest BCUT2D eigenvalue weighted by Crippen LogP contribution is -2.63. The van der Waals surface area contributed by atoms with Crippen LogP contribution in [0.25, 0.3) is 0 Å². The summed E-state index contributed by atoms with van der Waals surface area (Å²) in [4.78, 5) is 0. The lowest BCUT2D eigenvalue weighted by atomic mass is 9.36.